The van der Waals surface area contributed by atoms with E-state index in [2.05, 4.69) is 66.1 Å². The van der Waals surface area contributed by atoms with Gasteiger partial charge in [0.15, 0.2) is 0 Å². The van der Waals surface area contributed by atoms with E-state index in [4.69, 9.17) is 0 Å². The van der Waals surface area contributed by atoms with E-state index in [0.717, 1.165) is 23.3 Å². The summed E-state index contributed by atoms with van der Waals surface area (Å²) in [4.78, 5) is 11.9. The number of hydrogen-bond donors (Lipinski definition) is 2. The monoisotopic (exact) mass is 304 g/mol. The van der Waals surface area contributed by atoms with Crippen LogP contribution in [-0.4, -0.2) is 12.1 Å². The van der Waals surface area contributed by atoms with Crippen LogP contribution in [0.4, 0.5) is 0 Å². The van der Waals surface area contributed by atoms with E-state index >= 15 is 0 Å². The summed E-state index contributed by atoms with van der Waals surface area (Å²) in [6.07, 6.45) is 6.02. The SMILES string of the molecule is Cc1ccccc1-c1ccc2c(c1)=CNC(NC(=O)C1CC1)C=2. The molecule has 2 aliphatic rings. The lowest BCUT2D eigenvalue weighted by Crippen LogP contribution is -2.48. The van der Waals surface area contributed by atoms with Gasteiger partial charge in [0.05, 0.1) is 0 Å². The largest absolute Gasteiger partial charge is 0.368 e. The molecule has 4 rings (SSSR count). The molecule has 1 amide bonds. The van der Waals surface area contributed by atoms with Crippen molar-refractivity contribution in [3.8, 4) is 11.1 Å². The molecule has 3 nitrogen and oxygen atoms in total. The average molecular weight is 304 g/mol. The molecule has 1 saturated carbocycles. The summed E-state index contributed by atoms with van der Waals surface area (Å²) in [6, 6.07) is 14.9. The number of benzene rings is 2. The molecular weight excluding hydrogens is 284 g/mol. The first kappa shape index (κ1) is 14.1. The Morgan fingerprint density at radius 3 is 2.74 bits per heavy atom. The lowest BCUT2D eigenvalue weighted by atomic mass is 9.99. The summed E-state index contributed by atoms with van der Waals surface area (Å²) in [7, 11) is 0. The number of fused-ring (bicyclic) bond motifs is 1. The Labute approximate surface area is 135 Å². The van der Waals surface area contributed by atoms with Crippen LogP contribution in [-0.2, 0) is 4.79 Å². The zero-order chi connectivity index (χ0) is 15.8. The number of aryl methyl sites for hydroxylation is 1. The van der Waals surface area contributed by atoms with Gasteiger partial charge in [0.1, 0.15) is 6.17 Å². The molecule has 3 heteroatoms. The molecule has 0 spiro atoms. The van der Waals surface area contributed by atoms with Crippen LogP contribution in [0.25, 0.3) is 23.4 Å². The van der Waals surface area contributed by atoms with Gasteiger partial charge in [-0.25, -0.2) is 0 Å². The molecule has 1 aliphatic carbocycles. The fraction of sp³-hybridized carbons (Fsp3) is 0.250. The Hall–Kier alpha value is -2.55. The third-order valence-electron chi connectivity index (χ3n) is 4.55. The van der Waals surface area contributed by atoms with Crippen LogP contribution in [0, 0.1) is 12.8 Å². The third-order valence-corrected chi connectivity index (χ3v) is 4.55. The van der Waals surface area contributed by atoms with Crippen molar-refractivity contribution in [1.82, 2.24) is 10.6 Å². The van der Waals surface area contributed by atoms with Gasteiger partial charge in [-0.15, -0.1) is 0 Å². The van der Waals surface area contributed by atoms with E-state index < -0.39 is 0 Å². The summed E-state index contributed by atoms with van der Waals surface area (Å²) in [5.74, 6) is 0.391. The first-order valence-electron chi connectivity index (χ1n) is 8.15. The molecule has 1 atom stereocenters. The minimum absolute atomic E-state index is 0.111. The maximum atomic E-state index is 11.9. The van der Waals surface area contributed by atoms with E-state index in [1.54, 1.807) is 0 Å². The standard InChI is InChI=1S/C20H20N2O/c1-13-4-2-3-5-18(13)16-9-8-15-11-19(21-12-17(15)10-16)22-20(23)14-6-7-14/h2-5,8-12,14,19,21H,6-7H2,1H3,(H,22,23). The predicted molar refractivity (Wildman–Crippen MR) is 92.6 cm³/mol. The predicted octanol–water partition coefficient (Wildman–Crippen LogP) is 1.64. The van der Waals surface area contributed by atoms with Crippen molar-refractivity contribution < 1.29 is 4.79 Å². The number of carbonyl (C=O) groups excluding carboxylic acids is 1. The topological polar surface area (TPSA) is 41.1 Å². The minimum Gasteiger partial charge on any atom is -0.368 e. The summed E-state index contributed by atoms with van der Waals surface area (Å²) < 4.78 is 0. The Bertz CT molecular complexity index is 881. The van der Waals surface area contributed by atoms with Crippen LogP contribution in [0.5, 0.6) is 0 Å². The summed E-state index contributed by atoms with van der Waals surface area (Å²) >= 11 is 0. The van der Waals surface area contributed by atoms with Gasteiger partial charge in [-0.2, -0.15) is 0 Å². The third kappa shape index (κ3) is 2.87. The molecule has 0 radical (unpaired) electrons. The second-order valence-electron chi connectivity index (χ2n) is 6.40. The Balaban J connectivity index is 1.63. The van der Waals surface area contributed by atoms with Crippen LogP contribution >= 0.6 is 0 Å². The number of carbonyl (C=O) groups is 1. The Kier molecular flexibility index (Phi) is 3.41. The Morgan fingerprint density at radius 1 is 1.13 bits per heavy atom. The molecule has 1 aliphatic heterocycles. The van der Waals surface area contributed by atoms with Crippen molar-refractivity contribution in [2.45, 2.75) is 25.9 Å². The van der Waals surface area contributed by atoms with Crippen LogP contribution < -0.4 is 21.1 Å². The van der Waals surface area contributed by atoms with Gasteiger partial charge in [-0.05, 0) is 59.0 Å². The van der Waals surface area contributed by atoms with Crippen LogP contribution in [0.2, 0.25) is 0 Å². The fourth-order valence-corrected chi connectivity index (χ4v) is 3.02. The summed E-state index contributed by atoms with van der Waals surface area (Å²) in [6.45, 7) is 2.13. The first-order chi connectivity index (χ1) is 11.2. The zero-order valence-corrected chi connectivity index (χ0v) is 13.2. The van der Waals surface area contributed by atoms with Crippen molar-refractivity contribution in [3.05, 3.63) is 58.5 Å². The maximum absolute atomic E-state index is 11.9. The molecule has 2 aromatic carbocycles. The van der Waals surface area contributed by atoms with E-state index in [1.165, 1.54) is 16.7 Å². The normalized spacial score (nSPS) is 18.9. The van der Waals surface area contributed by atoms with Crippen molar-refractivity contribution in [2.75, 3.05) is 0 Å². The lowest BCUT2D eigenvalue weighted by Gasteiger charge is -2.18. The minimum atomic E-state index is -0.111. The number of hydrogen-bond acceptors (Lipinski definition) is 2. The quantitative estimate of drug-likeness (QED) is 0.905. The molecule has 1 unspecified atom stereocenters. The smallest absolute Gasteiger partial charge is 0.224 e. The molecule has 1 fully saturated rings. The van der Waals surface area contributed by atoms with Crippen LogP contribution in [0.15, 0.2) is 42.5 Å². The van der Waals surface area contributed by atoms with Crippen molar-refractivity contribution in [2.24, 2.45) is 5.92 Å². The van der Waals surface area contributed by atoms with Crippen molar-refractivity contribution in [3.63, 3.8) is 0 Å². The van der Waals surface area contributed by atoms with Crippen LogP contribution in [0.3, 0.4) is 0 Å². The van der Waals surface area contributed by atoms with Gasteiger partial charge in [-0.3, -0.25) is 4.79 Å². The van der Waals surface area contributed by atoms with E-state index in [-0.39, 0.29) is 18.0 Å². The van der Waals surface area contributed by atoms with Gasteiger partial charge in [0, 0.05) is 12.1 Å². The highest BCUT2D eigenvalue weighted by Crippen LogP contribution is 2.28. The molecule has 116 valence electrons. The van der Waals surface area contributed by atoms with E-state index in [9.17, 15) is 4.79 Å². The molecule has 2 aromatic rings. The molecule has 1 heterocycles. The molecule has 23 heavy (non-hydrogen) atoms. The highest BCUT2D eigenvalue weighted by molar-refractivity contribution is 5.82. The molecule has 2 N–H and O–H groups in total. The number of nitrogens with one attached hydrogen (secondary N) is 2. The molecule has 0 saturated heterocycles. The number of amides is 1. The average Bonchev–Trinajstić information content (AvgIpc) is 3.40. The molecular formula is C20H20N2O. The lowest BCUT2D eigenvalue weighted by molar-refractivity contribution is -0.122. The van der Waals surface area contributed by atoms with E-state index in [0.29, 0.717) is 0 Å². The Morgan fingerprint density at radius 2 is 1.96 bits per heavy atom. The fourth-order valence-electron chi connectivity index (χ4n) is 3.02. The van der Waals surface area contributed by atoms with Gasteiger partial charge >= 0.3 is 0 Å². The first-order valence-corrected chi connectivity index (χ1v) is 8.15. The summed E-state index contributed by atoms with van der Waals surface area (Å²) in [5.41, 5.74) is 3.75. The van der Waals surface area contributed by atoms with Crippen molar-refractivity contribution in [1.29, 1.82) is 0 Å². The summed E-state index contributed by atoms with van der Waals surface area (Å²) in [5, 5.41) is 8.62. The maximum Gasteiger partial charge on any atom is 0.224 e. The second-order valence-corrected chi connectivity index (χ2v) is 6.40. The highest BCUT2D eigenvalue weighted by Gasteiger charge is 2.30. The molecule has 0 bridgehead atoms. The number of rotatable bonds is 3. The highest BCUT2D eigenvalue weighted by atomic mass is 16.2. The van der Waals surface area contributed by atoms with Gasteiger partial charge in [0.2, 0.25) is 5.91 Å². The van der Waals surface area contributed by atoms with Gasteiger partial charge in [-0.1, -0.05) is 36.4 Å². The van der Waals surface area contributed by atoms with Gasteiger partial charge in [0.25, 0.3) is 0 Å². The zero-order valence-electron chi connectivity index (χ0n) is 13.2. The van der Waals surface area contributed by atoms with Crippen molar-refractivity contribution >= 4 is 18.2 Å². The molecule has 0 aromatic heterocycles. The van der Waals surface area contributed by atoms with Gasteiger partial charge < -0.3 is 10.6 Å². The van der Waals surface area contributed by atoms with Crippen LogP contribution in [0.1, 0.15) is 18.4 Å². The van der Waals surface area contributed by atoms with E-state index in [1.807, 2.05) is 6.20 Å². The second kappa shape index (κ2) is 5.58.